The first-order chi connectivity index (χ1) is 12.8. The van der Waals surface area contributed by atoms with Gasteiger partial charge in [0.1, 0.15) is 11.9 Å². The Morgan fingerprint density at radius 3 is 2.74 bits per heavy atom. The predicted molar refractivity (Wildman–Crippen MR) is 95.2 cm³/mol. The van der Waals surface area contributed by atoms with E-state index >= 15 is 0 Å². The summed E-state index contributed by atoms with van der Waals surface area (Å²) in [6.45, 7) is 0.450. The van der Waals surface area contributed by atoms with Gasteiger partial charge in [0.05, 0.1) is 19.0 Å². The van der Waals surface area contributed by atoms with E-state index in [9.17, 15) is 13.2 Å². The van der Waals surface area contributed by atoms with Crippen molar-refractivity contribution in [2.75, 3.05) is 17.7 Å². The van der Waals surface area contributed by atoms with Crippen LogP contribution in [0, 0.1) is 0 Å². The molecule has 0 bridgehead atoms. The van der Waals surface area contributed by atoms with E-state index in [1.807, 2.05) is 0 Å². The SMILES string of the molecule is Cn1nccc1N1CCCC(N(Cc2noc(C3CC3)n2)S(C)(=O)=O)C1=O. The zero-order valence-electron chi connectivity index (χ0n) is 15.3. The zero-order chi connectivity index (χ0) is 19.2. The van der Waals surface area contributed by atoms with E-state index < -0.39 is 16.1 Å². The van der Waals surface area contributed by atoms with Crippen LogP contribution in [0.1, 0.15) is 43.3 Å². The summed E-state index contributed by atoms with van der Waals surface area (Å²) < 4.78 is 32.9. The molecule has 4 rings (SSSR count). The number of aryl methyl sites for hydroxylation is 1. The third kappa shape index (κ3) is 3.61. The van der Waals surface area contributed by atoms with Crippen molar-refractivity contribution in [1.29, 1.82) is 0 Å². The number of piperidine rings is 1. The molecule has 1 aliphatic heterocycles. The second-order valence-corrected chi connectivity index (χ2v) is 9.03. The summed E-state index contributed by atoms with van der Waals surface area (Å²) >= 11 is 0. The summed E-state index contributed by atoms with van der Waals surface area (Å²) in [5.74, 6) is 1.50. The summed E-state index contributed by atoms with van der Waals surface area (Å²) in [5, 5.41) is 8.00. The maximum Gasteiger partial charge on any atom is 0.246 e. The van der Waals surface area contributed by atoms with Crippen LogP contribution in [0.4, 0.5) is 5.82 Å². The molecule has 10 nitrogen and oxygen atoms in total. The number of carbonyl (C=O) groups excluding carboxylic acids is 1. The lowest BCUT2D eigenvalue weighted by Crippen LogP contribution is -2.54. The van der Waals surface area contributed by atoms with E-state index in [-0.39, 0.29) is 24.2 Å². The number of hydrogen-bond acceptors (Lipinski definition) is 7. The maximum absolute atomic E-state index is 13.1. The lowest BCUT2D eigenvalue weighted by molar-refractivity contribution is -0.123. The average molecular weight is 394 g/mol. The Hall–Kier alpha value is -2.27. The summed E-state index contributed by atoms with van der Waals surface area (Å²) in [4.78, 5) is 19.0. The third-order valence-electron chi connectivity index (χ3n) is 4.96. The molecule has 0 aromatic carbocycles. The minimum Gasteiger partial charge on any atom is -0.339 e. The highest BCUT2D eigenvalue weighted by molar-refractivity contribution is 7.88. The van der Waals surface area contributed by atoms with Gasteiger partial charge in [-0.2, -0.15) is 14.4 Å². The van der Waals surface area contributed by atoms with Gasteiger partial charge in [0.15, 0.2) is 5.82 Å². The van der Waals surface area contributed by atoms with Crippen molar-refractivity contribution < 1.29 is 17.7 Å². The molecule has 1 saturated heterocycles. The van der Waals surface area contributed by atoms with E-state index in [1.54, 1.807) is 28.9 Å². The number of amides is 1. The number of rotatable bonds is 6. The third-order valence-corrected chi connectivity index (χ3v) is 6.20. The van der Waals surface area contributed by atoms with Gasteiger partial charge in [-0.25, -0.2) is 8.42 Å². The number of nitrogens with zero attached hydrogens (tertiary/aromatic N) is 6. The van der Waals surface area contributed by atoms with Gasteiger partial charge >= 0.3 is 0 Å². The highest BCUT2D eigenvalue weighted by atomic mass is 32.2. The Kier molecular flexibility index (Phi) is 4.50. The standard InChI is InChI=1S/C16H22N6O4S/c1-20-14(7-8-17-20)21-9-3-4-12(16(21)23)22(27(2,24)25)10-13-18-15(26-19-13)11-5-6-11/h7-8,11-12H,3-6,9-10H2,1-2H3. The van der Waals surface area contributed by atoms with E-state index in [4.69, 9.17) is 4.52 Å². The van der Waals surface area contributed by atoms with Gasteiger partial charge in [0.25, 0.3) is 0 Å². The molecule has 3 heterocycles. The van der Waals surface area contributed by atoms with Crippen molar-refractivity contribution in [3.63, 3.8) is 0 Å². The van der Waals surface area contributed by atoms with E-state index in [0.29, 0.717) is 31.1 Å². The summed E-state index contributed by atoms with van der Waals surface area (Å²) in [5.41, 5.74) is 0. The van der Waals surface area contributed by atoms with Gasteiger partial charge in [0.2, 0.25) is 21.8 Å². The molecule has 2 fully saturated rings. The number of aromatic nitrogens is 4. The van der Waals surface area contributed by atoms with Crippen molar-refractivity contribution >= 4 is 21.7 Å². The van der Waals surface area contributed by atoms with Crippen LogP contribution in [0.5, 0.6) is 0 Å². The van der Waals surface area contributed by atoms with Gasteiger partial charge in [-0.05, 0) is 25.7 Å². The fourth-order valence-electron chi connectivity index (χ4n) is 3.41. The molecule has 146 valence electrons. The summed E-state index contributed by atoms with van der Waals surface area (Å²) in [6.07, 6.45) is 5.88. The van der Waals surface area contributed by atoms with Gasteiger partial charge in [-0.1, -0.05) is 5.16 Å². The fourth-order valence-corrected chi connectivity index (χ4v) is 4.42. The molecule has 2 aromatic rings. The van der Waals surface area contributed by atoms with Crippen LogP contribution < -0.4 is 4.90 Å². The van der Waals surface area contributed by atoms with Gasteiger partial charge < -0.3 is 4.52 Å². The summed E-state index contributed by atoms with van der Waals surface area (Å²) in [7, 11) is -1.90. The Bertz CT molecular complexity index is 948. The highest BCUT2D eigenvalue weighted by Gasteiger charge is 2.40. The lowest BCUT2D eigenvalue weighted by atomic mass is 10.0. The second-order valence-electron chi connectivity index (χ2n) is 7.09. The molecule has 1 atom stereocenters. The predicted octanol–water partition coefficient (Wildman–Crippen LogP) is 0.638. The summed E-state index contributed by atoms with van der Waals surface area (Å²) in [6, 6.07) is 0.943. The van der Waals surface area contributed by atoms with Crippen molar-refractivity contribution in [1.82, 2.24) is 24.2 Å². The molecule has 1 saturated carbocycles. The molecule has 1 amide bonds. The molecule has 11 heteroatoms. The van der Waals surface area contributed by atoms with Crippen LogP contribution >= 0.6 is 0 Å². The molecule has 0 radical (unpaired) electrons. The normalized spacial score (nSPS) is 21.2. The monoisotopic (exact) mass is 394 g/mol. The molecular formula is C16H22N6O4S. The minimum atomic E-state index is -3.65. The van der Waals surface area contributed by atoms with E-state index in [0.717, 1.165) is 19.1 Å². The molecule has 2 aliphatic rings. The molecule has 1 unspecified atom stereocenters. The Morgan fingerprint density at radius 2 is 2.11 bits per heavy atom. The topological polar surface area (TPSA) is 114 Å². The molecular weight excluding hydrogens is 372 g/mol. The number of hydrogen-bond donors (Lipinski definition) is 0. The minimum absolute atomic E-state index is 0.0787. The van der Waals surface area contributed by atoms with Crippen LogP contribution in [-0.2, 0) is 28.4 Å². The van der Waals surface area contributed by atoms with Gasteiger partial charge in [0, 0.05) is 25.6 Å². The lowest BCUT2D eigenvalue weighted by Gasteiger charge is -2.36. The Balaban J connectivity index is 1.59. The number of anilines is 1. The Morgan fingerprint density at radius 1 is 1.33 bits per heavy atom. The molecule has 0 spiro atoms. The zero-order valence-corrected chi connectivity index (χ0v) is 16.1. The van der Waals surface area contributed by atoms with Crippen molar-refractivity contribution in [3.05, 3.63) is 24.0 Å². The van der Waals surface area contributed by atoms with Crippen LogP contribution in [0.2, 0.25) is 0 Å². The van der Waals surface area contributed by atoms with Crippen LogP contribution in [0.15, 0.2) is 16.8 Å². The van der Waals surface area contributed by atoms with Gasteiger partial charge in [-0.15, -0.1) is 0 Å². The van der Waals surface area contributed by atoms with Crippen LogP contribution in [0.3, 0.4) is 0 Å². The van der Waals surface area contributed by atoms with Crippen molar-refractivity contribution in [2.24, 2.45) is 7.05 Å². The number of sulfonamides is 1. The molecule has 27 heavy (non-hydrogen) atoms. The quantitative estimate of drug-likeness (QED) is 0.706. The van der Waals surface area contributed by atoms with Gasteiger partial charge in [-0.3, -0.25) is 14.4 Å². The van der Waals surface area contributed by atoms with Crippen molar-refractivity contribution in [2.45, 2.75) is 44.2 Å². The first-order valence-electron chi connectivity index (χ1n) is 8.93. The first kappa shape index (κ1) is 18.1. The molecule has 0 N–H and O–H groups in total. The maximum atomic E-state index is 13.1. The first-order valence-corrected chi connectivity index (χ1v) is 10.8. The molecule has 2 aromatic heterocycles. The smallest absolute Gasteiger partial charge is 0.246 e. The van der Waals surface area contributed by atoms with Crippen LogP contribution in [0.25, 0.3) is 0 Å². The van der Waals surface area contributed by atoms with Crippen molar-refractivity contribution in [3.8, 4) is 0 Å². The Labute approximate surface area is 157 Å². The van der Waals surface area contributed by atoms with E-state index in [2.05, 4.69) is 15.2 Å². The molecule has 1 aliphatic carbocycles. The van der Waals surface area contributed by atoms with E-state index in [1.165, 1.54) is 4.31 Å². The second kappa shape index (κ2) is 6.71. The van der Waals surface area contributed by atoms with Crippen LogP contribution in [-0.4, -0.2) is 57.4 Å². The largest absolute Gasteiger partial charge is 0.339 e. The fraction of sp³-hybridized carbons (Fsp3) is 0.625. The number of carbonyl (C=O) groups is 1. The highest BCUT2D eigenvalue weighted by Crippen LogP contribution is 2.39. The average Bonchev–Trinajstić information content (AvgIpc) is 3.20.